The van der Waals surface area contributed by atoms with Gasteiger partial charge in [-0.1, -0.05) is 0 Å². The quantitative estimate of drug-likeness (QED) is 0.827. The molecule has 2 rings (SSSR count). The highest BCUT2D eigenvalue weighted by Crippen LogP contribution is 2.08. The second kappa shape index (κ2) is 6.65. The highest BCUT2D eigenvalue weighted by atomic mass is 19.1. The molecule has 1 aromatic carbocycles. The first-order chi connectivity index (χ1) is 10.4. The summed E-state index contributed by atoms with van der Waals surface area (Å²) in [4.78, 5) is 30.1. The molecule has 22 heavy (non-hydrogen) atoms. The van der Waals surface area contributed by atoms with Crippen LogP contribution in [0.1, 0.15) is 6.92 Å². The van der Waals surface area contributed by atoms with Crippen molar-refractivity contribution in [2.45, 2.75) is 19.5 Å². The first-order valence-corrected chi connectivity index (χ1v) is 6.83. The van der Waals surface area contributed by atoms with E-state index in [4.69, 9.17) is 4.74 Å². The Labute approximate surface area is 127 Å². The zero-order valence-corrected chi connectivity index (χ0v) is 12.7. The fourth-order valence-electron chi connectivity index (χ4n) is 2.10. The Kier molecular flexibility index (Phi) is 4.87. The molecule has 0 aliphatic carbocycles. The molecule has 0 unspecified atom stereocenters. The maximum absolute atomic E-state index is 13.3. The molecule has 0 radical (unpaired) electrons. The normalized spacial score (nSPS) is 12.4. The molecule has 1 atom stereocenters. The molecular formula is C15H18FN3O3. The first-order valence-electron chi connectivity index (χ1n) is 6.83. The molecule has 0 saturated heterocycles. The number of aromatic nitrogens is 2. The number of fused-ring (bicyclic) bond motifs is 1. The molecule has 118 valence electrons. The van der Waals surface area contributed by atoms with E-state index in [0.29, 0.717) is 12.1 Å². The second-order valence-electron chi connectivity index (χ2n) is 5.15. The molecule has 1 heterocycles. The number of ether oxygens (including phenoxy) is 1. The van der Waals surface area contributed by atoms with Crippen LogP contribution >= 0.6 is 0 Å². The molecule has 7 heteroatoms. The van der Waals surface area contributed by atoms with Crippen LogP contribution in [0.15, 0.2) is 29.3 Å². The Morgan fingerprint density at radius 1 is 1.50 bits per heavy atom. The van der Waals surface area contributed by atoms with Crippen LogP contribution in [-0.2, 0) is 16.1 Å². The van der Waals surface area contributed by atoms with Gasteiger partial charge in [0, 0.05) is 14.2 Å². The van der Waals surface area contributed by atoms with Gasteiger partial charge in [0.1, 0.15) is 12.4 Å². The Morgan fingerprint density at radius 2 is 2.23 bits per heavy atom. The Bertz CT molecular complexity index is 744. The van der Waals surface area contributed by atoms with E-state index in [1.807, 2.05) is 6.92 Å². The van der Waals surface area contributed by atoms with Crippen molar-refractivity contribution in [3.63, 3.8) is 0 Å². The molecule has 0 bridgehead atoms. The minimum absolute atomic E-state index is 0.112. The van der Waals surface area contributed by atoms with Crippen molar-refractivity contribution in [1.29, 1.82) is 0 Å². The fourth-order valence-corrected chi connectivity index (χ4v) is 2.10. The summed E-state index contributed by atoms with van der Waals surface area (Å²) in [6.45, 7) is 2.10. The van der Waals surface area contributed by atoms with Crippen molar-refractivity contribution < 1.29 is 13.9 Å². The van der Waals surface area contributed by atoms with Crippen LogP contribution < -0.4 is 5.56 Å². The third-order valence-electron chi connectivity index (χ3n) is 3.55. The van der Waals surface area contributed by atoms with Crippen LogP contribution in [0.4, 0.5) is 4.39 Å². The summed E-state index contributed by atoms with van der Waals surface area (Å²) in [5.74, 6) is -0.759. The van der Waals surface area contributed by atoms with E-state index in [0.717, 1.165) is 6.07 Å². The predicted molar refractivity (Wildman–Crippen MR) is 80.1 cm³/mol. The summed E-state index contributed by atoms with van der Waals surface area (Å²) < 4.78 is 19.4. The molecule has 0 aliphatic rings. The third kappa shape index (κ3) is 3.30. The fraction of sp³-hybridized carbons (Fsp3) is 0.400. The lowest BCUT2D eigenvalue weighted by atomic mass is 10.2. The molecule has 1 amide bonds. The maximum atomic E-state index is 13.3. The number of carbonyl (C=O) groups excluding carboxylic acids is 1. The minimum atomic E-state index is -0.513. The molecule has 2 aromatic rings. The van der Waals surface area contributed by atoms with Crippen molar-refractivity contribution >= 4 is 16.8 Å². The second-order valence-corrected chi connectivity index (χ2v) is 5.15. The van der Waals surface area contributed by atoms with Gasteiger partial charge < -0.3 is 9.64 Å². The highest BCUT2D eigenvalue weighted by molar-refractivity contribution is 5.79. The summed E-state index contributed by atoms with van der Waals surface area (Å²) in [7, 11) is 3.20. The van der Waals surface area contributed by atoms with E-state index in [1.54, 1.807) is 14.2 Å². The number of hydrogen-bond acceptors (Lipinski definition) is 4. The standard InChI is InChI=1S/C15H18FN3O3/c1-10(8-22-3)18(2)14(20)7-19-9-17-13-5-4-11(16)6-12(13)15(19)21/h4-6,9-10H,7-8H2,1-3H3/t10-/m0/s1. The number of rotatable bonds is 5. The summed E-state index contributed by atoms with van der Waals surface area (Å²) in [5.41, 5.74) is -0.0400. The molecule has 0 N–H and O–H groups in total. The zero-order chi connectivity index (χ0) is 16.3. The highest BCUT2D eigenvalue weighted by Gasteiger charge is 2.17. The number of hydrogen-bond donors (Lipinski definition) is 0. The predicted octanol–water partition coefficient (Wildman–Crippen LogP) is 1.03. The lowest BCUT2D eigenvalue weighted by molar-refractivity contribution is -0.133. The Morgan fingerprint density at radius 3 is 2.91 bits per heavy atom. The number of carbonyl (C=O) groups is 1. The van der Waals surface area contributed by atoms with Gasteiger partial charge in [-0.05, 0) is 25.1 Å². The Hall–Kier alpha value is -2.28. The number of methoxy groups -OCH3 is 1. The van der Waals surface area contributed by atoms with Crippen LogP contribution in [0.2, 0.25) is 0 Å². The van der Waals surface area contributed by atoms with Gasteiger partial charge in [-0.2, -0.15) is 0 Å². The van der Waals surface area contributed by atoms with Gasteiger partial charge in [0.05, 0.1) is 29.9 Å². The van der Waals surface area contributed by atoms with Crippen molar-refractivity contribution in [3.8, 4) is 0 Å². The molecule has 0 aliphatic heterocycles. The topological polar surface area (TPSA) is 64.4 Å². The van der Waals surface area contributed by atoms with E-state index in [2.05, 4.69) is 4.98 Å². The SMILES string of the molecule is COC[C@H](C)N(C)C(=O)Cn1cnc2ccc(F)cc2c1=O. The number of likely N-dealkylation sites (N-methyl/N-ethyl adjacent to an activating group) is 1. The van der Waals surface area contributed by atoms with Crippen molar-refractivity contribution in [3.05, 3.63) is 40.7 Å². The first kappa shape index (κ1) is 16.1. The summed E-state index contributed by atoms with van der Waals surface area (Å²) in [5, 5.41) is 0.155. The van der Waals surface area contributed by atoms with Crippen LogP contribution in [0.5, 0.6) is 0 Å². The van der Waals surface area contributed by atoms with Crippen LogP contribution in [0.25, 0.3) is 10.9 Å². The monoisotopic (exact) mass is 307 g/mol. The minimum Gasteiger partial charge on any atom is -0.383 e. The average molecular weight is 307 g/mol. The molecule has 0 fully saturated rings. The van der Waals surface area contributed by atoms with E-state index in [9.17, 15) is 14.0 Å². The smallest absolute Gasteiger partial charge is 0.261 e. The van der Waals surface area contributed by atoms with Gasteiger partial charge in [-0.3, -0.25) is 14.2 Å². The third-order valence-corrected chi connectivity index (χ3v) is 3.55. The number of amides is 1. The Balaban J connectivity index is 2.26. The van der Waals surface area contributed by atoms with Gasteiger partial charge >= 0.3 is 0 Å². The maximum Gasteiger partial charge on any atom is 0.261 e. The number of nitrogens with zero attached hydrogens (tertiary/aromatic N) is 3. The molecule has 1 aromatic heterocycles. The van der Waals surface area contributed by atoms with E-state index in [1.165, 1.54) is 27.9 Å². The lowest BCUT2D eigenvalue weighted by Gasteiger charge is -2.24. The van der Waals surface area contributed by atoms with Crippen molar-refractivity contribution in [1.82, 2.24) is 14.5 Å². The lowest BCUT2D eigenvalue weighted by Crippen LogP contribution is -2.41. The average Bonchev–Trinajstić information content (AvgIpc) is 2.50. The zero-order valence-electron chi connectivity index (χ0n) is 12.7. The molecule has 0 saturated carbocycles. The summed E-state index contributed by atoms with van der Waals surface area (Å²) >= 11 is 0. The number of halogens is 1. The van der Waals surface area contributed by atoms with Gasteiger partial charge in [-0.15, -0.1) is 0 Å². The van der Waals surface area contributed by atoms with E-state index < -0.39 is 11.4 Å². The van der Waals surface area contributed by atoms with Gasteiger partial charge in [-0.25, -0.2) is 9.37 Å². The van der Waals surface area contributed by atoms with Crippen molar-refractivity contribution in [2.75, 3.05) is 20.8 Å². The largest absolute Gasteiger partial charge is 0.383 e. The molecule has 0 spiro atoms. The van der Waals surface area contributed by atoms with Crippen LogP contribution in [0.3, 0.4) is 0 Å². The van der Waals surface area contributed by atoms with Crippen molar-refractivity contribution in [2.24, 2.45) is 0 Å². The van der Waals surface area contributed by atoms with E-state index >= 15 is 0 Å². The molecular weight excluding hydrogens is 289 g/mol. The van der Waals surface area contributed by atoms with Gasteiger partial charge in [0.15, 0.2) is 0 Å². The van der Waals surface area contributed by atoms with Crippen LogP contribution in [0, 0.1) is 5.82 Å². The van der Waals surface area contributed by atoms with E-state index in [-0.39, 0.29) is 23.9 Å². The summed E-state index contributed by atoms with van der Waals surface area (Å²) in [6.07, 6.45) is 1.30. The number of benzene rings is 1. The van der Waals surface area contributed by atoms with Crippen LogP contribution in [-0.4, -0.2) is 47.2 Å². The summed E-state index contributed by atoms with van der Waals surface area (Å²) in [6, 6.07) is 3.69. The van der Waals surface area contributed by atoms with Gasteiger partial charge in [0.2, 0.25) is 5.91 Å². The molecule has 6 nitrogen and oxygen atoms in total. The van der Waals surface area contributed by atoms with Gasteiger partial charge in [0.25, 0.3) is 5.56 Å².